The second-order valence-electron chi connectivity index (χ2n) is 4.71. The van der Waals surface area contributed by atoms with Crippen molar-refractivity contribution in [3.05, 3.63) is 52.7 Å². The molecule has 1 aliphatic rings. The van der Waals surface area contributed by atoms with Gasteiger partial charge in [-0.2, -0.15) is 5.26 Å². The number of hydrogen-bond acceptors (Lipinski definition) is 2. The van der Waals surface area contributed by atoms with Crippen molar-refractivity contribution in [1.29, 1.82) is 5.26 Å². The van der Waals surface area contributed by atoms with Crippen molar-refractivity contribution < 1.29 is 0 Å². The highest BCUT2D eigenvalue weighted by atomic mass is 14.7. The zero-order valence-electron chi connectivity index (χ0n) is 10.4. The molecule has 0 N–H and O–H groups in total. The van der Waals surface area contributed by atoms with Gasteiger partial charge < -0.3 is 0 Å². The van der Waals surface area contributed by atoms with E-state index in [4.69, 9.17) is 0 Å². The first-order valence-electron chi connectivity index (χ1n) is 6.29. The third-order valence-corrected chi connectivity index (χ3v) is 3.61. The van der Waals surface area contributed by atoms with Crippen LogP contribution in [-0.2, 0) is 12.8 Å². The standard InChI is InChI=1S/C16H14N2/c1-11-15(10-17)13-8-5-9-14(13)16(18-11)12-6-3-2-4-7-12/h2-4,6-7H,5,8-9H2,1H3. The van der Waals surface area contributed by atoms with Crippen LogP contribution in [0.15, 0.2) is 30.3 Å². The first kappa shape index (κ1) is 11.0. The minimum atomic E-state index is 0.794. The second-order valence-corrected chi connectivity index (χ2v) is 4.71. The maximum atomic E-state index is 9.25. The number of nitrogens with zero attached hydrogens (tertiary/aromatic N) is 2. The number of rotatable bonds is 1. The number of fused-ring (bicyclic) bond motifs is 1. The second kappa shape index (κ2) is 4.27. The van der Waals surface area contributed by atoms with Crippen LogP contribution in [0, 0.1) is 18.3 Å². The smallest absolute Gasteiger partial charge is 0.101 e. The van der Waals surface area contributed by atoms with Gasteiger partial charge >= 0.3 is 0 Å². The van der Waals surface area contributed by atoms with Gasteiger partial charge in [0.1, 0.15) is 6.07 Å². The zero-order chi connectivity index (χ0) is 12.5. The molecule has 1 heterocycles. The van der Waals surface area contributed by atoms with Gasteiger partial charge in [0.15, 0.2) is 0 Å². The van der Waals surface area contributed by atoms with Gasteiger partial charge in [0.2, 0.25) is 0 Å². The number of nitriles is 1. The van der Waals surface area contributed by atoms with Gasteiger partial charge in [-0.15, -0.1) is 0 Å². The molecule has 0 bridgehead atoms. The molecule has 0 spiro atoms. The molecule has 0 aliphatic heterocycles. The Labute approximate surface area is 107 Å². The fraction of sp³-hybridized carbons (Fsp3) is 0.250. The topological polar surface area (TPSA) is 36.7 Å². The van der Waals surface area contributed by atoms with Crippen molar-refractivity contribution in [3.8, 4) is 17.3 Å². The summed E-state index contributed by atoms with van der Waals surface area (Å²) in [4.78, 5) is 4.66. The Kier molecular flexibility index (Phi) is 2.60. The maximum Gasteiger partial charge on any atom is 0.101 e. The predicted octanol–water partition coefficient (Wildman–Crippen LogP) is 3.42. The lowest BCUT2D eigenvalue weighted by Gasteiger charge is -2.11. The molecular formula is C16H14N2. The summed E-state index contributed by atoms with van der Waals surface area (Å²) < 4.78 is 0. The first-order valence-corrected chi connectivity index (χ1v) is 6.29. The van der Waals surface area contributed by atoms with E-state index in [1.54, 1.807) is 0 Å². The largest absolute Gasteiger partial charge is 0.251 e. The van der Waals surface area contributed by atoms with Gasteiger partial charge in [-0.3, -0.25) is 4.98 Å². The minimum Gasteiger partial charge on any atom is -0.251 e. The normalized spacial score (nSPS) is 13.1. The van der Waals surface area contributed by atoms with Gasteiger partial charge in [-0.25, -0.2) is 0 Å². The van der Waals surface area contributed by atoms with E-state index < -0.39 is 0 Å². The Hall–Kier alpha value is -2.14. The molecule has 0 saturated heterocycles. The van der Waals surface area contributed by atoms with Crippen LogP contribution >= 0.6 is 0 Å². The fourth-order valence-corrected chi connectivity index (χ4v) is 2.77. The van der Waals surface area contributed by atoms with Crippen LogP contribution in [0.3, 0.4) is 0 Å². The summed E-state index contributed by atoms with van der Waals surface area (Å²) in [6.07, 6.45) is 3.19. The average molecular weight is 234 g/mol. The number of pyridine rings is 1. The van der Waals surface area contributed by atoms with Crippen molar-refractivity contribution >= 4 is 0 Å². The van der Waals surface area contributed by atoms with E-state index in [2.05, 4.69) is 23.2 Å². The van der Waals surface area contributed by atoms with Gasteiger partial charge in [-0.05, 0) is 37.3 Å². The monoisotopic (exact) mass is 234 g/mol. The Morgan fingerprint density at radius 1 is 1.11 bits per heavy atom. The molecule has 2 aromatic rings. The zero-order valence-corrected chi connectivity index (χ0v) is 10.4. The van der Waals surface area contributed by atoms with Gasteiger partial charge in [0.05, 0.1) is 17.0 Å². The van der Waals surface area contributed by atoms with E-state index in [9.17, 15) is 5.26 Å². The Bertz CT molecular complexity index is 636. The fourth-order valence-electron chi connectivity index (χ4n) is 2.77. The lowest BCUT2D eigenvalue weighted by Crippen LogP contribution is -2.00. The average Bonchev–Trinajstić information content (AvgIpc) is 2.88. The van der Waals surface area contributed by atoms with Crippen molar-refractivity contribution in [2.45, 2.75) is 26.2 Å². The van der Waals surface area contributed by atoms with Crippen molar-refractivity contribution in [3.63, 3.8) is 0 Å². The maximum absolute atomic E-state index is 9.25. The van der Waals surface area contributed by atoms with E-state index in [-0.39, 0.29) is 0 Å². The van der Waals surface area contributed by atoms with Crippen LogP contribution in [0.2, 0.25) is 0 Å². The summed E-state index contributed by atoms with van der Waals surface area (Å²) in [5, 5.41) is 9.25. The van der Waals surface area contributed by atoms with Gasteiger partial charge in [0, 0.05) is 5.56 Å². The van der Waals surface area contributed by atoms with Crippen LogP contribution in [0.25, 0.3) is 11.3 Å². The predicted molar refractivity (Wildman–Crippen MR) is 71.2 cm³/mol. The molecule has 0 radical (unpaired) electrons. The SMILES string of the molecule is Cc1nc(-c2ccccc2)c2c(c1C#N)CCC2. The minimum absolute atomic E-state index is 0.794. The summed E-state index contributed by atoms with van der Waals surface area (Å²) in [5.74, 6) is 0. The van der Waals surface area contributed by atoms with Crippen molar-refractivity contribution in [1.82, 2.24) is 4.98 Å². The van der Waals surface area contributed by atoms with E-state index in [0.717, 1.165) is 41.8 Å². The lowest BCUT2D eigenvalue weighted by atomic mass is 9.98. The van der Waals surface area contributed by atoms with Gasteiger partial charge in [-0.1, -0.05) is 30.3 Å². The first-order chi connectivity index (χ1) is 8.81. The Morgan fingerprint density at radius 2 is 1.83 bits per heavy atom. The third kappa shape index (κ3) is 1.60. The molecule has 18 heavy (non-hydrogen) atoms. The molecule has 1 aromatic heterocycles. The van der Waals surface area contributed by atoms with Crippen LogP contribution in [-0.4, -0.2) is 4.98 Å². The van der Waals surface area contributed by atoms with Crippen LogP contribution in [0.1, 0.15) is 28.8 Å². The molecule has 2 nitrogen and oxygen atoms in total. The van der Waals surface area contributed by atoms with E-state index in [1.165, 1.54) is 11.1 Å². The van der Waals surface area contributed by atoms with E-state index in [1.807, 2.05) is 25.1 Å². The Morgan fingerprint density at radius 3 is 2.56 bits per heavy atom. The summed E-state index contributed by atoms with van der Waals surface area (Å²) >= 11 is 0. The van der Waals surface area contributed by atoms with Crippen LogP contribution in [0.4, 0.5) is 0 Å². The number of aryl methyl sites for hydroxylation is 1. The molecule has 1 aliphatic carbocycles. The quantitative estimate of drug-likeness (QED) is 0.758. The number of aromatic nitrogens is 1. The highest BCUT2D eigenvalue weighted by molar-refractivity contribution is 5.68. The molecule has 0 saturated carbocycles. The molecule has 1 aromatic carbocycles. The molecule has 0 amide bonds. The molecule has 0 atom stereocenters. The van der Waals surface area contributed by atoms with E-state index >= 15 is 0 Å². The highest BCUT2D eigenvalue weighted by Gasteiger charge is 2.22. The summed E-state index contributed by atoms with van der Waals surface area (Å²) in [7, 11) is 0. The molecule has 2 heteroatoms. The van der Waals surface area contributed by atoms with Crippen molar-refractivity contribution in [2.75, 3.05) is 0 Å². The summed E-state index contributed by atoms with van der Waals surface area (Å²) in [5.41, 5.74) is 6.38. The van der Waals surface area contributed by atoms with Crippen LogP contribution < -0.4 is 0 Å². The highest BCUT2D eigenvalue weighted by Crippen LogP contribution is 2.33. The van der Waals surface area contributed by atoms with Gasteiger partial charge in [0.25, 0.3) is 0 Å². The summed E-state index contributed by atoms with van der Waals surface area (Å²) in [6.45, 7) is 1.93. The summed E-state index contributed by atoms with van der Waals surface area (Å²) in [6, 6.07) is 12.6. The molecule has 0 fully saturated rings. The molecule has 3 rings (SSSR count). The Balaban J connectivity index is 2.28. The molecular weight excluding hydrogens is 220 g/mol. The van der Waals surface area contributed by atoms with Crippen LogP contribution in [0.5, 0.6) is 0 Å². The lowest BCUT2D eigenvalue weighted by molar-refractivity contribution is 0.910. The molecule has 88 valence electrons. The number of benzene rings is 1. The molecule has 0 unspecified atom stereocenters. The van der Waals surface area contributed by atoms with Crippen molar-refractivity contribution in [2.24, 2.45) is 0 Å². The number of hydrogen-bond donors (Lipinski definition) is 0. The van der Waals surface area contributed by atoms with E-state index in [0.29, 0.717) is 0 Å². The third-order valence-electron chi connectivity index (χ3n) is 3.61.